The third-order valence-corrected chi connectivity index (χ3v) is 4.67. The van der Waals surface area contributed by atoms with Gasteiger partial charge in [0.1, 0.15) is 23.9 Å². The normalized spacial score (nSPS) is 13.8. The summed E-state index contributed by atoms with van der Waals surface area (Å²) in [6.45, 7) is 0.365. The maximum atomic E-state index is 9.74. The van der Waals surface area contributed by atoms with Gasteiger partial charge in [0.25, 0.3) is 0 Å². The molecule has 0 aliphatic heterocycles. The molecule has 0 saturated heterocycles. The average Bonchev–Trinajstić information content (AvgIpc) is 2.77. The Balaban J connectivity index is 1.93. The van der Waals surface area contributed by atoms with Gasteiger partial charge in [-0.1, -0.05) is 43.3 Å². The van der Waals surface area contributed by atoms with Crippen LogP contribution < -0.4 is 10.1 Å². The van der Waals surface area contributed by atoms with Crippen LogP contribution in [-0.4, -0.2) is 30.3 Å². The summed E-state index contributed by atoms with van der Waals surface area (Å²) in [5.41, 5.74) is 5.07. The van der Waals surface area contributed by atoms with Gasteiger partial charge in [-0.3, -0.25) is 0 Å². The van der Waals surface area contributed by atoms with Crippen LogP contribution in [0.4, 0.5) is 0 Å². The topological polar surface area (TPSA) is 61.7 Å². The van der Waals surface area contributed by atoms with Crippen molar-refractivity contribution in [3.63, 3.8) is 0 Å². The first-order chi connectivity index (χ1) is 15.3. The number of hydrogen-bond acceptors (Lipinski definition) is 4. The lowest BCUT2D eigenvalue weighted by Gasteiger charge is -2.17. The highest BCUT2D eigenvalue weighted by Gasteiger charge is 2.13. The fourth-order valence-electron chi connectivity index (χ4n) is 3.27. The van der Waals surface area contributed by atoms with Gasteiger partial charge in [0.05, 0.1) is 0 Å². The fourth-order valence-corrected chi connectivity index (χ4v) is 3.27. The van der Waals surface area contributed by atoms with Crippen molar-refractivity contribution >= 4 is 11.1 Å². The van der Waals surface area contributed by atoms with Gasteiger partial charge in [0.15, 0.2) is 0 Å². The van der Waals surface area contributed by atoms with E-state index >= 15 is 0 Å². The van der Waals surface area contributed by atoms with E-state index in [2.05, 4.69) is 12.2 Å². The average molecular weight is 393 g/mol. The zero-order chi connectivity index (χ0) is 23.1. The Morgan fingerprint density at radius 1 is 0.828 bits per heavy atom. The van der Waals surface area contributed by atoms with E-state index in [-0.39, 0.29) is 24.7 Å². The Hall–Kier alpha value is -3.24. The number of allylic oxidation sites excluding steroid dienone is 1. The van der Waals surface area contributed by atoms with Gasteiger partial charge in [0, 0.05) is 10.7 Å². The third-order valence-electron chi connectivity index (χ3n) is 4.67. The second-order valence-electron chi connectivity index (χ2n) is 6.60. The van der Waals surface area contributed by atoms with Gasteiger partial charge >= 0.3 is 0 Å². The first-order valence-electron chi connectivity index (χ1n) is 11.1. The predicted molar refractivity (Wildman–Crippen MR) is 118 cm³/mol. The van der Waals surface area contributed by atoms with Crippen molar-refractivity contribution in [3.05, 3.63) is 89.5 Å². The molecule has 0 fully saturated rings. The molecule has 4 nitrogen and oxygen atoms in total. The van der Waals surface area contributed by atoms with Crippen molar-refractivity contribution < 1.29 is 19.1 Å². The summed E-state index contributed by atoms with van der Waals surface area (Å²) in [5.74, 6) is 1.06. The second kappa shape index (κ2) is 9.80. The Bertz CT molecular complexity index is 1040. The van der Waals surface area contributed by atoms with Crippen LogP contribution in [-0.2, 0) is 0 Å². The van der Waals surface area contributed by atoms with Crippen LogP contribution in [0, 0.1) is 0 Å². The van der Waals surface area contributed by atoms with Crippen LogP contribution in [0.5, 0.6) is 17.2 Å². The Kier molecular flexibility index (Phi) is 5.64. The summed E-state index contributed by atoms with van der Waals surface area (Å²) in [5, 5.41) is 21.8. The second-order valence-corrected chi connectivity index (χ2v) is 6.60. The molecule has 29 heavy (non-hydrogen) atoms. The number of phenols is 2. The molecule has 0 aliphatic carbocycles. The minimum Gasteiger partial charge on any atom is -0.508 e. The molecular weight excluding hydrogens is 362 g/mol. The zero-order valence-electron chi connectivity index (χ0n) is 19.4. The van der Waals surface area contributed by atoms with Gasteiger partial charge in [-0.15, -0.1) is 0 Å². The van der Waals surface area contributed by atoms with Crippen molar-refractivity contribution in [1.29, 1.82) is 0 Å². The molecule has 0 aromatic heterocycles. The maximum absolute atomic E-state index is 9.74. The molecule has 3 rings (SSSR count). The summed E-state index contributed by atoms with van der Waals surface area (Å²) in [6.07, 6.45) is 0.764. The van der Waals surface area contributed by atoms with Crippen LogP contribution in [0.3, 0.4) is 0 Å². The monoisotopic (exact) mass is 392 g/mol. The van der Waals surface area contributed by atoms with Crippen molar-refractivity contribution in [3.8, 4) is 17.2 Å². The van der Waals surface area contributed by atoms with Crippen LogP contribution in [0.1, 0.15) is 34.1 Å². The largest absolute Gasteiger partial charge is 0.508 e. The minimum atomic E-state index is -2.18. The molecule has 0 unspecified atom stereocenters. The third kappa shape index (κ3) is 5.18. The van der Waals surface area contributed by atoms with E-state index in [1.807, 2.05) is 48.5 Å². The van der Waals surface area contributed by atoms with Crippen molar-refractivity contribution in [2.24, 2.45) is 0 Å². The van der Waals surface area contributed by atoms with Gasteiger partial charge in [-0.2, -0.15) is 0 Å². The Labute approximate surface area is 176 Å². The maximum Gasteiger partial charge on any atom is 0.119 e. The van der Waals surface area contributed by atoms with Gasteiger partial charge in [0.2, 0.25) is 0 Å². The highest BCUT2D eigenvalue weighted by Crippen LogP contribution is 2.36. The van der Waals surface area contributed by atoms with E-state index < -0.39 is 6.98 Å². The van der Waals surface area contributed by atoms with Crippen molar-refractivity contribution in [1.82, 2.24) is 5.32 Å². The lowest BCUT2D eigenvalue weighted by atomic mass is 9.88. The fraction of sp³-hybridized carbons (Fsp3) is 0.200. The molecule has 0 amide bonds. The highest BCUT2D eigenvalue weighted by molar-refractivity contribution is 5.98. The molecule has 0 heterocycles. The summed E-state index contributed by atoms with van der Waals surface area (Å²) >= 11 is 0. The molecule has 0 atom stereocenters. The zero-order valence-corrected chi connectivity index (χ0v) is 16.4. The van der Waals surface area contributed by atoms with Crippen molar-refractivity contribution in [2.75, 3.05) is 20.1 Å². The lowest BCUT2D eigenvalue weighted by molar-refractivity contribution is 0.318. The minimum absolute atomic E-state index is 0.199. The standard InChI is InChI=1S/C25H27NO3/c1-3-24(18-4-10-21(27)11-5-18)25(19-6-12-22(28)13-7-19)20-8-14-23(15-9-20)29-17-16-26-2/h4-15,26-28H,3,16-17H2,1-2H3/b25-24+/i2D3. The van der Waals surface area contributed by atoms with Gasteiger partial charge < -0.3 is 20.3 Å². The van der Waals surface area contributed by atoms with Crippen LogP contribution in [0.2, 0.25) is 0 Å². The van der Waals surface area contributed by atoms with Crippen LogP contribution >= 0.6 is 0 Å². The summed E-state index contributed by atoms with van der Waals surface area (Å²) in [4.78, 5) is 0. The van der Waals surface area contributed by atoms with E-state index in [1.165, 1.54) is 0 Å². The summed E-state index contributed by atoms with van der Waals surface area (Å²) in [6, 6.07) is 21.8. The molecule has 0 radical (unpaired) electrons. The number of phenolic OH excluding ortho intramolecular Hbond substituents is 2. The number of hydrogen-bond donors (Lipinski definition) is 3. The van der Waals surface area contributed by atoms with Crippen LogP contribution in [0.25, 0.3) is 11.1 Å². The molecular formula is C25H27NO3. The molecule has 0 saturated carbocycles. The number of nitrogens with one attached hydrogen (secondary N) is 1. The lowest BCUT2D eigenvalue weighted by Crippen LogP contribution is -2.15. The van der Waals surface area contributed by atoms with Gasteiger partial charge in [-0.05, 0) is 77.6 Å². The Morgan fingerprint density at radius 3 is 1.86 bits per heavy atom. The molecule has 0 bridgehead atoms. The van der Waals surface area contributed by atoms with E-state index in [1.54, 1.807) is 24.3 Å². The molecule has 3 N–H and O–H groups in total. The molecule has 4 heteroatoms. The van der Waals surface area contributed by atoms with E-state index in [9.17, 15) is 10.2 Å². The number of ether oxygens (including phenoxy) is 1. The SMILES string of the molecule is [2H]C([2H])([2H])NCCOc1ccc(/C(=C(\CC)c2ccc(O)cc2)c2ccc(O)cc2)cc1. The van der Waals surface area contributed by atoms with Crippen LogP contribution in [0.15, 0.2) is 72.8 Å². The summed E-state index contributed by atoms with van der Waals surface area (Å²) < 4.78 is 27.1. The number of likely N-dealkylation sites (N-methyl/N-ethyl adjacent to an activating group) is 1. The number of rotatable bonds is 8. The van der Waals surface area contributed by atoms with E-state index in [0.717, 1.165) is 34.3 Å². The smallest absolute Gasteiger partial charge is 0.119 e. The van der Waals surface area contributed by atoms with Crippen molar-refractivity contribution in [2.45, 2.75) is 13.3 Å². The first-order valence-corrected chi connectivity index (χ1v) is 9.57. The molecule has 0 spiro atoms. The molecule has 3 aromatic rings. The molecule has 3 aromatic carbocycles. The highest BCUT2D eigenvalue weighted by atomic mass is 16.5. The Morgan fingerprint density at radius 2 is 1.34 bits per heavy atom. The number of aromatic hydroxyl groups is 2. The quantitative estimate of drug-likeness (QED) is 0.370. The van der Waals surface area contributed by atoms with E-state index in [0.29, 0.717) is 5.75 Å². The number of benzene rings is 3. The van der Waals surface area contributed by atoms with Gasteiger partial charge in [-0.25, -0.2) is 0 Å². The molecule has 0 aliphatic rings. The van der Waals surface area contributed by atoms with E-state index in [4.69, 9.17) is 8.85 Å². The molecule has 150 valence electrons. The first kappa shape index (κ1) is 16.7. The summed E-state index contributed by atoms with van der Waals surface area (Å²) in [7, 11) is 0. The predicted octanol–water partition coefficient (Wildman–Crippen LogP) is 5.07.